The molecule has 0 heterocycles. The Kier molecular flexibility index (Phi) is 6.57. The second-order valence-electron chi connectivity index (χ2n) is 2.93. The van der Waals surface area contributed by atoms with E-state index in [1.54, 1.807) is 6.92 Å². The molecule has 0 unspecified atom stereocenters. The number of hydrogen-bond acceptors (Lipinski definition) is 3. The number of unbranched alkanes of at least 4 members (excludes halogenated alkanes) is 1. The summed E-state index contributed by atoms with van der Waals surface area (Å²) in [6.07, 6.45) is 2.14. The second kappa shape index (κ2) is 6.98. The number of aliphatic imine (C=N–C) groups is 1. The molecule has 12 heavy (non-hydrogen) atoms. The molecule has 0 aliphatic rings. The number of aliphatic hydroxyl groups is 1. The predicted octanol–water partition coefficient (Wildman–Crippen LogP) is 1.20. The Morgan fingerprint density at radius 3 is 2.50 bits per heavy atom. The third-order valence-corrected chi connectivity index (χ3v) is 1.45. The van der Waals surface area contributed by atoms with Crippen molar-refractivity contribution < 1.29 is 9.90 Å². The molecule has 0 aromatic heterocycles. The van der Waals surface area contributed by atoms with E-state index in [9.17, 15) is 4.79 Å². The van der Waals surface area contributed by atoms with Crippen LogP contribution in [-0.2, 0) is 4.79 Å². The zero-order chi connectivity index (χ0) is 9.40. The van der Waals surface area contributed by atoms with Gasteiger partial charge in [0.25, 0.3) is 0 Å². The smallest absolute Gasteiger partial charge is 0.135 e. The third kappa shape index (κ3) is 7.41. The van der Waals surface area contributed by atoms with Gasteiger partial charge in [-0.15, -0.1) is 0 Å². The van der Waals surface area contributed by atoms with Gasteiger partial charge in [-0.25, -0.2) is 0 Å². The molecular weight excluding hydrogens is 154 g/mol. The first-order valence-electron chi connectivity index (χ1n) is 4.27. The topological polar surface area (TPSA) is 49.7 Å². The maximum absolute atomic E-state index is 10.6. The van der Waals surface area contributed by atoms with Crippen LogP contribution in [0.25, 0.3) is 0 Å². The largest absolute Gasteiger partial charge is 0.396 e. The van der Waals surface area contributed by atoms with Gasteiger partial charge in [-0.05, 0) is 26.7 Å². The highest BCUT2D eigenvalue weighted by Crippen LogP contribution is 1.92. The fraction of sp³-hybridized carbons (Fsp3) is 0.778. The summed E-state index contributed by atoms with van der Waals surface area (Å²) in [5.74, 6) is 0.151. The lowest BCUT2D eigenvalue weighted by Crippen LogP contribution is -2.01. The first kappa shape index (κ1) is 11.3. The summed E-state index contributed by atoms with van der Waals surface area (Å²) in [6.45, 7) is 4.37. The van der Waals surface area contributed by atoms with E-state index in [1.165, 1.54) is 0 Å². The standard InChI is InChI=1S/C9H17NO2/c1-8(7-9(2)12)10-5-3-4-6-11/h11H,3-7H2,1-2H3. The lowest BCUT2D eigenvalue weighted by atomic mass is 10.2. The zero-order valence-electron chi connectivity index (χ0n) is 7.84. The first-order chi connectivity index (χ1) is 5.66. The van der Waals surface area contributed by atoms with Gasteiger partial charge >= 0.3 is 0 Å². The number of nitrogens with zero attached hydrogens (tertiary/aromatic N) is 1. The molecule has 0 atom stereocenters. The first-order valence-corrected chi connectivity index (χ1v) is 4.27. The number of rotatable bonds is 6. The van der Waals surface area contributed by atoms with Crippen LogP contribution in [0.2, 0.25) is 0 Å². The molecule has 0 aromatic rings. The molecule has 0 saturated heterocycles. The van der Waals surface area contributed by atoms with Crippen LogP contribution >= 0.6 is 0 Å². The van der Waals surface area contributed by atoms with Gasteiger partial charge in [0, 0.05) is 25.3 Å². The highest BCUT2D eigenvalue weighted by molar-refractivity contribution is 5.99. The zero-order valence-corrected chi connectivity index (χ0v) is 7.84. The summed E-state index contributed by atoms with van der Waals surface area (Å²) in [4.78, 5) is 14.8. The van der Waals surface area contributed by atoms with E-state index >= 15 is 0 Å². The monoisotopic (exact) mass is 171 g/mol. The van der Waals surface area contributed by atoms with Crippen molar-refractivity contribution in [2.75, 3.05) is 13.2 Å². The quantitative estimate of drug-likeness (QED) is 0.482. The number of aliphatic hydroxyl groups excluding tert-OH is 1. The summed E-state index contributed by atoms with van der Waals surface area (Å²) in [5.41, 5.74) is 0.889. The molecule has 0 saturated carbocycles. The molecule has 70 valence electrons. The van der Waals surface area contributed by atoms with E-state index < -0.39 is 0 Å². The molecule has 0 fully saturated rings. The summed E-state index contributed by atoms with van der Waals surface area (Å²) < 4.78 is 0. The average molecular weight is 171 g/mol. The Morgan fingerprint density at radius 2 is 2.00 bits per heavy atom. The molecule has 1 N–H and O–H groups in total. The van der Waals surface area contributed by atoms with E-state index in [-0.39, 0.29) is 12.4 Å². The SMILES string of the molecule is CC(=O)CC(C)=NCCCCO. The molecule has 0 aliphatic carbocycles. The van der Waals surface area contributed by atoms with E-state index in [4.69, 9.17) is 5.11 Å². The van der Waals surface area contributed by atoms with Crippen molar-refractivity contribution in [1.29, 1.82) is 0 Å². The summed E-state index contributed by atoms with van der Waals surface area (Å²) in [5, 5.41) is 8.47. The molecule has 3 nitrogen and oxygen atoms in total. The minimum atomic E-state index is 0.151. The van der Waals surface area contributed by atoms with Crippen LogP contribution in [0.1, 0.15) is 33.1 Å². The van der Waals surface area contributed by atoms with Crippen LogP contribution in [0, 0.1) is 0 Å². The fourth-order valence-corrected chi connectivity index (χ4v) is 0.910. The van der Waals surface area contributed by atoms with Gasteiger partial charge < -0.3 is 5.11 Å². The average Bonchev–Trinajstić information content (AvgIpc) is 1.97. The van der Waals surface area contributed by atoms with Crippen LogP contribution in [0.4, 0.5) is 0 Å². The van der Waals surface area contributed by atoms with Crippen molar-refractivity contribution in [2.24, 2.45) is 4.99 Å². The van der Waals surface area contributed by atoms with Crippen molar-refractivity contribution in [1.82, 2.24) is 0 Å². The van der Waals surface area contributed by atoms with Crippen LogP contribution in [0.3, 0.4) is 0 Å². The fourth-order valence-electron chi connectivity index (χ4n) is 0.910. The summed E-state index contributed by atoms with van der Waals surface area (Å²) in [7, 11) is 0. The Hall–Kier alpha value is -0.700. The minimum absolute atomic E-state index is 0.151. The highest BCUT2D eigenvalue weighted by atomic mass is 16.2. The molecule has 0 spiro atoms. The number of carbonyl (C=O) groups is 1. The second-order valence-corrected chi connectivity index (χ2v) is 2.93. The van der Waals surface area contributed by atoms with E-state index in [0.717, 1.165) is 25.1 Å². The Bertz CT molecular complexity index is 164. The molecule has 0 rings (SSSR count). The predicted molar refractivity (Wildman–Crippen MR) is 49.6 cm³/mol. The van der Waals surface area contributed by atoms with Gasteiger partial charge in [0.2, 0.25) is 0 Å². The van der Waals surface area contributed by atoms with Crippen LogP contribution < -0.4 is 0 Å². The van der Waals surface area contributed by atoms with Gasteiger partial charge in [0.15, 0.2) is 0 Å². The molecule has 0 bridgehead atoms. The van der Waals surface area contributed by atoms with E-state index in [0.29, 0.717) is 6.42 Å². The number of Topliss-reactive ketones (excluding diaryl/α,β-unsaturated/α-hetero) is 1. The van der Waals surface area contributed by atoms with E-state index in [1.807, 2.05) is 6.92 Å². The molecule has 3 heteroatoms. The van der Waals surface area contributed by atoms with Crippen LogP contribution in [0.15, 0.2) is 4.99 Å². The normalized spacial score (nSPS) is 11.8. The highest BCUT2D eigenvalue weighted by Gasteiger charge is 1.95. The Labute approximate surface area is 73.5 Å². The van der Waals surface area contributed by atoms with Crippen molar-refractivity contribution in [2.45, 2.75) is 33.1 Å². The van der Waals surface area contributed by atoms with Gasteiger partial charge in [0.1, 0.15) is 5.78 Å². The maximum atomic E-state index is 10.6. The van der Waals surface area contributed by atoms with E-state index in [2.05, 4.69) is 4.99 Å². The summed E-state index contributed by atoms with van der Waals surface area (Å²) >= 11 is 0. The van der Waals surface area contributed by atoms with Crippen molar-refractivity contribution >= 4 is 11.5 Å². The third-order valence-electron chi connectivity index (χ3n) is 1.45. The van der Waals surface area contributed by atoms with Crippen molar-refractivity contribution in [3.63, 3.8) is 0 Å². The van der Waals surface area contributed by atoms with Crippen LogP contribution in [0.5, 0.6) is 0 Å². The molecule has 0 radical (unpaired) electrons. The number of hydrogen-bond donors (Lipinski definition) is 1. The Morgan fingerprint density at radius 1 is 1.33 bits per heavy atom. The van der Waals surface area contributed by atoms with Crippen molar-refractivity contribution in [3.05, 3.63) is 0 Å². The number of ketones is 1. The van der Waals surface area contributed by atoms with Gasteiger partial charge in [-0.3, -0.25) is 9.79 Å². The van der Waals surface area contributed by atoms with Crippen LogP contribution in [-0.4, -0.2) is 29.8 Å². The maximum Gasteiger partial charge on any atom is 0.135 e. The minimum Gasteiger partial charge on any atom is -0.396 e. The molecule has 0 amide bonds. The molecule has 0 aromatic carbocycles. The molecular formula is C9H17NO2. The van der Waals surface area contributed by atoms with Gasteiger partial charge in [0.05, 0.1) is 0 Å². The van der Waals surface area contributed by atoms with Crippen molar-refractivity contribution in [3.8, 4) is 0 Å². The van der Waals surface area contributed by atoms with Gasteiger partial charge in [-0.2, -0.15) is 0 Å². The lowest BCUT2D eigenvalue weighted by Gasteiger charge is -1.96. The molecule has 0 aliphatic heterocycles. The summed E-state index contributed by atoms with van der Waals surface area (Å²) in [6, 6.07) is 0. The lowest BCUT2D eigenvalue weighted by molar-refractivity contribution is -0.115. The number of carbonyl (C=O) groups excluding carboxylic acids is 1. The van der Waals surface area contributed by atoms with Gasteiger partial charge in [-0.1, -0.05) is 0 Å². The Balaban J connectivity index is 3.48.